The predicted octanol–water partition coefficient (Wildman–Crippen LogP) is 5.01. The van der Waals surface area contributed by atoms with Crippen molar-refractivity contribution in [3.05, 3.63) is 72.3 Å². The molecule has 3 aromatic carbocycles. The fourth-order valence-electron chi connectivity index (χ4n) is 2.86. The highest BCUT2D eigenvalue weighted by Gasteiger charge is 2.09. The Kier molecular flexibility index (Phi) is 4.80. The molecule has 0 fully saturated rings. The SMILES string of the molecule is CC(C)c1ccccc1NC(=O)CNc1cccc2ccccc12. The van der Waals surface area contributed by atoms with Crippen molar-refractivity contribution < 1.29 is 4.79 Å². The van der Waals surface area contributed by atoms with E-state index < -0.39 is 0 Å². The summed E-state index contributed by atoms with van der Waals surface area (Å²) in [6.45, 7) is 4.49. The zero-order valence-electron chi connectivity index (χ0n) is 14.0. The number of hydrogen-bond acceptors (Lipinski definition) is 2. The summed E-state index contributed by atoms with van der Waals surface area (Å²) in [7, 11) is 0. The van der Waals surface area contributed by atoms with Crippen molar-refractivity contribution in [2.24, 2.45) is 0 Å². The molecule has 0 bridgehead atoms. The molecule has 0 aromatic heterocycles. The van der Waals surface area contributed by atoms with Gasteiger partial charge in [-0.05, 0) is 29.0 Å². The zero-order chi connectivity index (χ0) is 16.9. The summed E-state index contributed by atoms with van der Waals surface area (Å²) in [4.78, 5) is 12.3. The van der Waals surface area contributed by atoms with Crippen LogP contribution in [0.3, 0.4) is 0 Å². The van der Waals surface area contributed by atoms with Crippen LogP contribution in [0.4, 0.5) is 11.4 Å². The summed E-state index contributed by atoms with van der Waals surface area (Å²) in [6, 6.07) is 22.2. The molecule has 0 unspecified atom stereocenters. The van der Waals surface area contributed by atoms with E-state index in [9.17, 15) is 4.79 Å². The molecule has 0 saturated heterocycles. The van der Waals surface area contributed by atoms with E-state index >= 15 is 0 Å². The van der Waals surface area contributed by atoms with Gasteiger partial charge < -0.3 is 10.6 Å². The molecule has 0 atom stereocenters. The van der Waals surface area contributed by atoms with Crippen molar-refractivity contribution >= 4 is 28.1 Å². The van der Waals surface area contributed by atoms with Crippen LogP contribution in [0.1, 0.15) is 25.3 Å². The Morgan fingerprint density at radius 1 is 0.875 bits per heavy atom. The van der Waals surface area contributed by atoms with Gasteiger partial charge in [0.2, 0.25) is 5.91 Å². The van der Waals surface area contributed by atoms with Crippen LogP contribution >= 0.6 is 0 Å². The fourth-order valence-corrected chi connectivity index (χ4v) is 2.86. The van der Waals surface area contributed by atoms with Crippen LogP contribution in [0.25, 0.3) is 10.8 Å². The number of nitrogens with one attached hydrogen (secondary N) is 2. The molecule has 0 spiro atoms. The zero-order valence-corrected chi connectivity index (χ0v) is 14.0. The van der Waals surface area contributed by atoms with Crippen molar-refractivity contribution in [2.45, 2.75) is 19.8 Å². The Balaban J connectivity index is 1.70. The normalized spacial score (nSPS) is 10.8. The Morgan fingerprint density at radius 3 is 2.38 bits per heavy atom. The largest absolute Gasteiger partial charge is 0.376 e. The van der Waals surface area contributed by atoms with Gasteiger partial charge >= 0.3 is 0 Å². The molecule has 24 heavy (non-hydrogen) atoms. The van der Waals surface area contributed by atoms with E-state index in [2.05, 4.69) is 48.7 Å². The minimum Gasteiger partial charge on any atom is -0.376 e. The third-order valence-electron chi connectivity index (χ3n) is 4.09. The highest BCUT2D eigenvalue weighted by atomic mass is 16.1. The predicted molar refractivity (Wildman–Crippen MR) is 102 cm³/mol. The van der Waals surface area contributed by atoms with Crippen LogP contribution in [0, 0.1) is 0 Å². The highest BCUT2D eigenvalue weighted by Crippen LogP contribution is 2.24. The van der Waals surface area contributed by atoms with E-state index in [0.29, 0.717) is 5.92 Å². The third kappa shape index (κ3) is 3.57. The summed E-state index contributed by atoms with van der Waals surface area (Å²) in [6.07, 6.45) is 0. The van der Waals surface area contributed by atoms with Crippen LogP contribution in [-0.2, 0) is 4.79 Å². The molecule has 2 N–H and O–H groups in total. The molecule has 3 heteroatoms. The van der Waals surface area contributed by atoms with Crippen LogP contribution < -0.4 is 10.6 Å². The average molecular weight is 318 g/mol. The van der Waals surface area contributed by atoms with E-state index in [0.717, 1.165) is 27.7 Å². The lowest BCUT2D eigenvalue weighted by molar-refractivity contribution is -0.114. The van der Waals surface area contributed by atoms with Gasteiger partial charge in [0.1, 0.15) is 0 Å². The van der Waals surface area contributed by atoms with E-state index in [1.807, 2.05) is 42.5 Å². The maximum Gasteiger partial charge on any atom is 0.243 e. The van der Waals surface area contributed by atoms with E-state index in [1.54, 1.807) is 0 Å². The molecule has 0 aliphatic heterocycles. The number of fused-ring (bicyclic) bond motifs is 1. The number of para-hydroxylation sites is 1. The first-order valence-electron chi connectivity index (χ1n) is 8.25. The van der Waals surface area contributed by atoms with Crippen molar-refractivity contribution in [3.8, 4) is 0 Å². The number of carbonyl (C=O) groups excluding carboxylic acids is 1. The molecule has 1 amide bonds. The summed E-state index contributed by atoms with van der Waals surface area (Å²) in [5, 5.41) is 8.53. The molecule has 0 aliphatic rings. The number of hydrogen-bond donors (Lipinski definition) is 2. The maximum absolute atomic E-state index is 12.3. The average Bonchev–Trinajstić information content (AvgIpc) is 2.60. The van der Waals surface area contributed by atoms with E-state index in [4.69, 9.17) is 0 Å². The van der Waals surface area contributed by atoms with Gasteiger partial charge in [-0.25, -0.2) is 0 Å². The molecule has 3 nitrogen and oxygen atoms in total. The van der Waals surface area contributed by atoms with Gasteiger partial charge in [0.05, 0.1) is 6.54 Å². The molecule has 3 aromatic rings. The molecule has 0 aliphatic carbocycles. The summed E-state index contributed by atoms with van der Waals surface area (Å²) in [5.41, 5.74) is 3.01. The Labute approximate surface area is 142 Å². The first-order chi connectivity index (χ1) is 11.6. The van der Waals surface area contributed by atoms with Crippen molar-refractivity contribution in [1.29, 1.82) is 0 Å². The first kappa shape index (κ1) is 16.1. The monoisotopic (exact) mass is 318 g/mol. The number of carbonyl (C=O) groups is 1. The number of anilines is 2. The van der Waals surface area contributed by atoms with Crippen molar-refractivity contribution in [3.63, 3.8) is 0 Å². The van der Waals surface area contributed by atoms with Gasteiger partial charge in [0, 0.05) is 16.8 Å². The minimum absolute atomic E-state index is 0.0453. The first-order valence-corrected chi connectivity index (χ1v) is 8.25. The van der Waals surface area contributed by atoms with Crippen LogP contribution in [0.15, 0.2) is 66.7 Å². The summed E-state index contributed by atoms with van der Waals surface area (Å²) in [5.74, 6) is 0.323. The molecule has 122 valence electrons. The van der Waals surface area contributed by atoms with Gasteiger partial charge in [0.15, 0.2) is 0 Å². The molecular weight excluding hydrogens is 296 g/mol. The standard InChI is InChI=1S/C21H22N2O/c1-15(2)17-10-5-6-12-20(17)23-21(24)14-22-19-13-7-9-16-8-3-4-11-18(16)19/h3-13,15,22H,14H2,1-2H3,(H,23,24). The summed E-state index contributed by atoms with van der Waals surface area (Å²) < 4.78 is 0. The fraction of sp³-hybridized carbons (Fsp3) is 0.190. The Bertz CT molecular complexity index is 850. The summed E-state index contributed by atoms with van der Waals surface area (Å²) >= 11 is 0. The molecular formula is C21H22N2O. The Hall–Kier alpha value is -2.81. The van der Waals surface area contributed by atoms with Gasteiger partial charge in [0.25, 0.3) is 0 Å². The topological polar surface area (TPSA) is 41.1 Å². The lowest BCUT2D eigenvalue weighted by Gasteiger charge is -2.14. The second kappa shape index (κ2) is 7.18. The number of benzene rings is 3. The highest BCUT2D eigenvalue weighted by molar-refractivity contribution is 5.98. The molecule has 0 heterocycles. The van der Waals surface area contributed by atoms with Gasteiger partial charge in [-0.15, -0.1) is 0 Å². The lowest BCUT2D eigenvalue weighted by atomic mass is 10.0. The minimum atomic E-state index is -0.0453. The maximum atomic E-state index is 12.3. The van der Waals surface area contributed by atoms with Gasteiger partial charge in [-0.3, -0.25) is 4.79 Å². The smallest absolute Gasteiger partial charge is 0.243 e. The van der Waals surface area contributed by atoms with Crippen molar-refractivity contribution in [2.75, 3.05) is 17.2 Å². The van der Waals surface area contributed by atoms with Crippen molar-refractivity contribution in [1.82, 2.24) is 0 Å². The van der Waals surface area contributed by atoms with Gasteiger partial charge in [-0.2, -0.15) is 0 Å². The lowest BCUT2D eigenvalue weighted by Crippen LogP contribution is -2.22. The second-order valence-corrected chi connectivity index (χ2v) is 6.17. The van der Waals surface area contributed by atoms with E-state index in [1.165, 1.54) is 0 Å². The van der Waals surface area contributed by atoms with Crippen LogP contribution in [-0.4, -0.2) is 12.5 Å². The van der Waals surface area contributed by atoms with Gasteiger partial charge in [-0.1, -0.05) is 68.4 Å². The molecule has 3 rings (SSSR count). The number of amides is 1. The molecule has 0 radical (unpaired) electrons. The number of rotatable bonds is 5. The quantitative estimate of drug-likeness (QED) is 0.694. The molecule has 0 saturated carbocycles. The third-order valence-corrected chi connectivity index (χ3v) is 4.09. The van der Waals surface area contributed by atoms with Crippen LogP contribution in [0.2, 0.25) is 0 Å². The Morgan fingerprint density at radius 2 is 1.54 bits per heavy atom. The second-order valence-electron chi connectivity index (χ2n) is 6.17. The van der Waals surface area contributed by atoms with Crippen LogP contribution in [0.5, 0.6) is 0 Å². The van der Waals surface area contributed by atoms with E-state index in [-0.39, 0.29) is 12.5 Å².